The van der Waals surface area contributed by atoms with Gasteiger partial charge < -0.3 is 15.4 Å². The van der Waals surface area contributed by atoms with Crippen molar-refractivity contribution in [2.45, 2.75) is 37.2 Å². The van der Waals surface area contributed by atoms with Crippen LogP contribution in [0.5, 0.6) is 0 Å². The summed E-state index contributed by atoms with van der Waals surface area (Å²) in [5, 5.41) is 6.63. The summed E-state index contributed by atoms with van der Waals surface area (Å²) < 4.78 is 32.1. The molecule has 0 aromatic heterocycles. The van der Waals surface area contributed by atoms with Gasteiger partial charge in [0.15, 0.2) is 5.96 Å². The second-order valence-electron chi connectivity index (χ2n) is 7.03. The molecule has 0 saturated heterocycles. The van der Waals surface area contributed by atoms with Crippen LogP contribution in [0, 0.1) is 0 Å². The molecule has 0 aliphatic rings. The Hall–Kier alpha value is -2.42. The van der Waals surface area contributed by atoms with Crippen molar-refractivity contribution < 1.29 is 13.2 Å². The summed E-state index contributed by atoms with van der Waals surface area (Å²) in [5.74, 6) is 0.682. The van der Waals surface area contributed by atoms with Gasteiger partial charge in [-0.05, 0) is 43.0 Å². The summed E-state index contributed by atoms with van der Waals surface area (Å²) in [6.07, 6.45) is 1.97. The average Bonchev–Trinajstić information content (AvgIpc) is 2.76. The Morgan fingerprint density at radius 3 is 2.53 bits per heavy atom. The van der Waals surface area contributed by atoms with Crippen LogP contribution in [-0.4, -0.2) is 47.7 Å². The highest BCUT2D eigenvalue weighted by atomic mass is 32.2. The molecule has 0 bridgehead atoms. The molecule has 0 heterocycles. The number of guanidine groups is 1. The molecule has 2 aromatic carbocycles. The third-order valence-corrected chi connectivity index (χ3v) is 6.04. The summed E-state index contributed by atoms with van der Waals surface area (Å²) in [5.41, 5.74) is 2.16. The lowest BCUT2D eigenvalue weighted by atomic mass is 10.1. The fraction of sp³-hybridized carbons (Fsp3) is 0.409. The zero-order valence-corrected chi connectivity index (χ0v) is 18.7. The first-order valence-corrected chi connectivity index (χ1v) is 11.5. The summed E-state index contributed by atoms with van der Waals surface area (Å²) in [6.45, 7) is 3.14. The van der Waals surface area contributed by atoms with Crippen molar-refractivity contribution in [3.05, 3.63) is 65.7 Å². The molecule has 3 N–H and O–H groups in total. The van der Waals surface area contributed by atoms with E-state index in [1.165, 1.54) is 12.7 Å². The number of aryl methyl sites for hydroxylation is 1. The number of ether oxygens (including phenoxy) is 1. The monoisotopic (exact) mass is 432 g/mol. The molecular formula is C22H32N4O3S. The van der Waals surface area contributed by atoms with E-state index < -0.39 is 10.0 Å². The minimum Gasteiger partial charge on any atom is -0.383 e. The normalized spacial score (nSPS) is 13.1. The number of nitrogens with one attached hydrogen (secondary N) is 3. The van der Waals surface area contributed by atoms with E-state index in [-0.39, 0.29) is 17.5 Å². The lowest BCUT2D eigenvalue weighted by molar-refractivity contribution is 0.204. The van der Waals surface area contributed by atoms with Gasteiger partial charge in [0, 0.05) is 33.3 Å². The quantitative estimate of drug-likeness (QED) is 0.288. The summed E-state index contributed by atoms with van der Waals surface area (Å²) in [4.78, 5) is 4.50. The molecule has 0 aliphatic heterocycles. The van der Waals surface area contributed by atoms with Crippen LogP contribution in [0.2, 0.25) is 0 Å². The van der Waals surface area contributed by atoms with Crippen molar-refractivity contribution in [1.29, 1.82) is 0 Å². The van der Waals surface area contributed by atoms with E-state index in [9.17, 15) is 8.42 Å². The number of nitrogens with zero attached hydrogens (tertiary/aromatic N) is 1. The van der Waals surface area contributed by atoms with Crippen LogP contribution in [0.3, 0.4) is 0 Å². The summed E-state index contributed by atoms with van der Waals surface area (Å²) in [7, 11) is -0.302. The third kappa shape index (κ3) is 8.14. The van der Waals surface area contributed by atoms with Crippen LogP contribution in [0.4, 0.5) is 0 Å². The van der Waals surface area contributed by atoms with E-state index in [0.29, 0.717) is 19.1 Å². The Morgan fingerprint density at radius 1 is 1.10 bits per heavy atom. The molecule has 0 spiro atoms. The van der Waals surface area contributed by atoms with Crippen LogP contribution in [-0.2, 0) is 27.7 Å². The Balaban J connectivity index is 1.87. The number of methoxy groups -OCH3 is 1. The van der Waals surface area contributed by atoms with Crippen molar-refractivity contribution in [3.8, 4) is 0 Å². The van der Waals surface area contributed by atoms with E-state index >= 15 is 0 Å². The number of rotatable bonds is 11. The minimum absolute atomic E-state index is 0.233. The van der Waals surface area contributed by atoms with Gasteiger partial charge >= 0.3 is 0 Å². The smallest absolute Gasteiger partial charge is 0.240 e. The first kappa shape index (κ1) is 23.9. The van der Waals surface area contributed by atoms with Crippen LogP contribution >= 0.6 is 0 Å². The maximum Gasteiger partial charge on any atom is 0.240 e. The average molecular weight is 433 g/mol. The molecular weight excluding hydrogens is 400 g/mol. The van der Waals surface area contributed by atoms with Crippen LogP contribution in [0.25, 0.3) is 0 Å². The van der Waals surface area contributed by atoms with Crippen molar-refractivity contribution in [2.24, 2.45) is 4.99 Å². The Kier molecular flexibility index (Phi) is 9.79. The molecule has 0 saturated carbocycles. The van der Waals surface area contributed by atoms with E-state index in [0.717, 1.165) is 18.4 Å². The van der Waals surface area contributed by atoms with Gasteiger partial charge in [-0.25, -0.2) is 13.1 Å². The first-order chi connectivity index (χ1) is 14.4. The number of hydrogen-bond donors (Lipinski definition) is 3. The fourth-order valence-electron chi connectivity index (χ4n) is 2.90. The highest BCUT2D eigenvalue weighted by Crippen LogP contribution is 2.11. The molecule has 8 heteroatoms. The molecule has 2 rings (SSSR count). The van der Waals surface area contributed by atoms with Gasteiger partial charge in [0.25, 0.3) is 0 Å². The Bertz CT molecular complexity index is 902. The van der Waals surface area contributed by atoms with Crippen molar-refractivity contribution in [3.63, 3.8) is 0 Å². The van der Waals surface area contributed by atoms with E-state index in [4.69, 9.17) is 4.74 Å². The molecule has 1 atom stereocenters. The third-order valence-electron chi connectivity index (χ3n) is 4.58. The standard InChI is InChI=1S/C22H32N4O3S/c1-18(12-13-19-8-5-4-6-9-19)26-22(23-2)24-17-20-10-7-11-21(16-20)30(27,28)25-14-15-29-3/h4-11,16,18,25H,12-15,17H2,1-3H3,(H2,23,24,26). The Morgan fingerprint density at radius 2 is 1.83 bits per heavy atom. The SMILES string of the molecule is CN=C(NCc1cccc(S(=O)(=O)NCCOC)c1)NC(C)CCc1ccccc1. The van der Waals surface area contributed by atoms with Gasteiger partial charge in [0.05, 0.1) is 11.5 Å². The van der Waals surface area contributed by atoms with Crippen LogP contribution in [0.15, 0.2) is 64.5 Å². The zero-order valence-electron chi connectivity index (χ0n) is 17.9. The maximum atomic E-state index is 12.4. The predicted octanol–water partition coefficient (Wildman–Crippen LogP) is 2.30. The lowest BCUT2D eigenvalue weighted by Gasteiger charge is -2.18. The fourth-order valence-corrected chi connectivity index (χ4v) is 3.98. The van der Waals surface area contributed by atoms with E-state index in [1.54, 1.807) is 25.2 Å². The number of sulfonamides is 1. The summed E-state index contributed by atoms with van der Waals surface area (Å²) in [6, 6.07) is 17.5. The first-order valence-electron chi connectivity index (χ1n) is 10.0. The molecule has 0 amide bonds. The van der Waals surface area contributed by atoms with Gasteiger partial charge in [-0.1, -0.05) is 42.5 Å². The van der Waals surface area contributed by atoms with Crippen LogP contribution in [0.1, 0.15) is 24.5 Å². The van der Waals surface area contributed by atoms with Gasteiger partial charge in [-0.15, -0.1) is 0 Å². The van der Waals surface area contributed by atoms with Crippen molar-refractivity contribution in [2.75, 3.05) is 27.3 Å². The van der Waals surface area contributed by atoms with Gasteiger partial charge in [-0.2, -0.15) is 0 Å². The maximum absolute atomic E-state index is 12.4. The topological polar surface area (TPSA) is 91.8 Å². The molecule has 30 heavy (non-hydrogen) atoms. The minimum atomic E-state index is -3.56. The molecule has 0 radical (unpaired) electrons. The Labute approximate surface area is 180 Å². The van der Waals surface area contributed by atoms with E-state index in [1.807, 2.05) is 12.1 Å². The van der Waals surface area contributed by atoms with Gasteiger partial charge in [-0.3, -0.25) is 4.99 Å². The van der Waals surface area contributed by atoms with E-state index in [2.05, 4.69) is 51.5 Å². The lowest BCUT2D eigenvalue weighted by Crippen LogP contribution is -2.42. The predicted molar refractivity (Wildman–Crippen MR) is 121 cm³/mol. The van der Waals surface area contributed by atoms with Crippen molar-refractivity contribution >= 4 is 16.0 Å². The zero-order chi connectivity index (χ0) is 21.8. The number of aliphatic imine (C=N–C) groups is 1. The van der Waals surface area contributed by atoms with Crippen LogP contribution < -0.4 is 15.4 Å². The highest BCUT2D eigenvalue weighted by molar-refractivity contribution is 7.89. The second-order valence-corrected chi connectivity index (χ2v) is 8.80. The molecule has 0 aliphatic carbocycles. The molecule has 164 valence electrons. The van der Waals surface area contributed by atoms with Crippen molar-refractivity contribution in [1.82, 2.24) is 15.4 Å². The molecule has 2 aromatic rings. The number of hydrogen-bond acceptors (Lipinski definition) is 4. The summed E-state index contributed by atoms with van der Waals surface area (Å²) >= 11 is 0. The van der Waals surface area contributed by atoms with Gasteiger partial charge in [0.1, 0.15) is 0 Å². The van der Waals surface area contributed by atoms with Gasteiger partial charge in [0.2, 0.25) is 10.0 Å². The second kappa shape index (κ2) is 12.3. The molecule has 0 fully saturated rings. The largest absolute Gasteiger partial charge is 0.383 e. The number of benzene rings is 2. The molecule has 7 nitrogen and oxygen atoms in total. The molecule has 1 unspecified atom stereocenters. The highest BCUT2D eigenvalue weighted by Gasteiger charge is 2.14.